The van der Waals surface area contributed by atoms with E-state index >= 15 is 0 Å². The second-order valence-electron chi connectivity index (χ2n) is 6.53. The van der Waals surface area contributed by atoms with Gasteiger partial charge in [0.2, 0.25) is 0 Å². The second kappa shape index (κ2) is 6.52. The summed E-state index contributed by atoms with van der Waals surface area (Å²) in [7, 11) is 0. The molecule has 2 aromatic rings. The van der Waals surface area contributed by atoms with Crippen LogP contribution in [-0.2, 0) is 4.79 Å². The van der Waals surface area contributed by atoms with Gasteiger partial charge in [-0.1, -0.05) is 0 Å². The molecule has 2 amide bonds. The van der Waals surface area contributed by atoms with E-state index in [1.807, 2.05) is 19.9 Å². The highest BCUT2D eigenvalue weighted by Gasteiger charge is 2.24. The fourth-order valence-corrected chi connectivity index (χ4v) is 3.51. The van der Waals surface area contributed by atoms with E-state index in [4.69, 9.17) is 12.2 Å². The number of likely N-dealkylation sites (tertiary alicyclic amines) is 1. The van der Waals surface area contributed by atoms with Crippen LogP contribution in [0.2, 0.25) is 0 Å². The maximum Gasteiger partial charge on any atom is 0.298 e. The Labute approximate surface area is 146 Å². The number of primary amides is 1. The van der Waals surface area contributed by atoms with Gasteiger partial charge in [-0.15, -0.1) is 6.42 Å². The first-order valence-corrected chi connectivity index (χ1v) is 8.36. The van der Waals surface area contributed by atoms with E-state index in [2.05, 4.69) is 16.2 Å². The van der Waals surface area contributed by atoms with Crippen LogP contribution in [0.25, 0.3) is 10.9 Å². The monoisotopic (exact) mass is 338 g/mol. The lowest BCUT2D eigenvalue weighted by atomic mass is 10.0. The fraction of sp³-hybridized carbons (Fsp3) is 0.368. The van der Waals surface area contributed by atoms with Crippen molar-refractivity contribution in [2.45, 2.75) is 32.7 Å². The van der Waals surface area contributed by atoms with E-state index in [9.17, 15) is 9.59 Å². The number of aromatic amines is 1. The zero-order chi connectivity index (χ0) is 18.1. The predicted molar refractivity (Wildman–Crippen MR) is 98.3 cm³/mol. The highest BCUT2D eigenvalue weighted by molar-refractivity contribution is 6.09. The zero-order valence-electron chi connectivity index (χ0n) is 14.5. The van der Waals surface area contributed by atoms with Crippen LogP contribution >= 0.6 is 0 Å². The Hall–Kier alpha value is -2.94. The van der Waals surface area contributed by atoms with Crippen LogP contribution in [0.15, 0.2) is 12.1 Å². The van der Waals surface area contributed by atoms with Crippen molar-refractivity contribution in [3.8, 4) is 12.3 Å². The lowest BCUT2D eigenvalue weighted by Gasteiger charge is -2.32. The highest BCUT2D eigenvalue weighted by Crippen LogP contribution is 2.32. The molecule has 25 heavy (non-hydrogen) atoms. The topological polar surface area (TPSA) is 91.2 Å². The first kappa shape index (κ1) is 16.9. The Bertz CT molecular complexity index is 891. The Balaban J connectivity index is 1.94. The summed E-state index contributed by atoms with van der Waals surface area (Å²) in [5.74, 6) is 1.46. The predicted octanol–water partition coefficient (Wildman–Crippen LogP) is 1.92. The first-order valence-electron chi connectivity index (χ1n) is 8.36. The quantitative estimate of drug-likeness (QED) is 0.747. The van der Waals surface area contributed by atoms with Crippen molar-refractivity contribution in [3.63, 3.8) is 0 Å². The molecule has 6 heteroatoms. The first-order chi connectivity index (χ1) is 11.9. The molecule has 130 valence electrons. The van der Waals surface area contributed by atoms with Crippen LogP contribution in [0.3, 0.4) is 0 Å². The fourth-order valence-electron chi connectivity index (χ4n) is 3.51. The summed E-state index contributed by atoms with van der Waals surface area (Å²) in [6.45, 7) is 5.25. The molecule has 0 bridgehead atoms. The summed E-state index contributed by atoms with van der Waals surface area (Å²) < 4.78 is 0. The van der Waals surface area contributed by atoms with Crippen LogP contribution in [0.5, 0.6) is 0 Å². The second-order valence-corrected chi connectivity index (χ2v) is 6.53. The molecule has 2 heterocycles. The van der Waals surface area contributed by atoms with Gasteiger partial charge in [0.1, 0.15) is 0 Å². The van der Waals surface area contributed by atoms with Crippen molar-refractivity contribution < 1.29 is 9.59 Å². The van der Waals surface area contributed by atoms with Crippen molar-refractivity contribution >= 4 is 28.4 Å². The number of rotatable bonds is 3. The van der Waals surface area contributed by atoms with E-state index in [0.29, 0.717) is 18.7 Å². The molecule has 1 saturated heterocycles. The molecule has 1 fully saturated rings. The van der Waals surface area contributed by atoms with Crippen LogP contribution < -0.4 is 11.1 Å². The van der Waals surface area contributed by atoms with Crippen LogP contribution in [0, 0.1) is 26.2 Å². The number of carbonyl (C=O) groups is 2. The number of aromatic nitrogens is 1. The van der Waals surface area contributed by atoms with Gasteiger partial charge in [0.05, 0.1) is 11.1 Å². The summed E-state index contributed by atoms with van der Waals surface area (Å²) in [6, 6.07) is 3.73. The van der Waals surface area contributed by atoms with Crippen molar-refractivity contribution in [1.82, 2.24) is 9.88 Å². The maximum atomic E-state index is 11.8. The molecule has 6 nitrogen and oxygen atoms in total. The maximum absolute atomic E-state index is 11.8. The molecule has 1 unspecified atom stereocenters. The molecule has 0 aliphatic carbocycles. The number of hydrogen-bond acceptors (Lipinski definition) is 3. The minimum Gasteiger partial charge on any atom is -0.380 e. The van der Waals surface area contributed by atoms with E-state index in [-0.39, 0.29) is 11.9 Å². The molecule has 1 aliphatic heterocycles. The zero-order valence-corrected chi connectivity index (χ0v) is 14.5. The number of amides is 2. The van der Waals surface area contributed by atoms with E-state index in [1.54, 1.807) is 11.0 Å². The number of benzene rings is 1. The minimum atomic E-state index is -0.457. The molecule has 3 rings (SSSR count). The third-order valence-electron chi connectivity index (χ3n) is 4.91. The molecular formula is C19H22N4O2. The number of nitrogens with two attached hydrogens (primary N) is 1. The Morgan fingerprint density at radius 3 is 2.84 bits per heavy atom. The van der Waals surface area contributed by atoms with Gasteiger partial charge < -0.3 is 20.9 Å². The van der Waals surface area contributed by atoms with Crippen molar-refractivity contribution in [2.75, 3.05) is 18.4 Å². The molecule has 1 aromatic heterocycles. The van der Waals surface area contributed by atoms with Gasteiger partial charge in [-0.05, 0) is 50.3 Å². The van der Waals surface area contributed by atoms with Gasteiger partial charge in [0.15, 0.2) is 0 Å². The van der Waals surface area contributed by atoms with Gasteiger partial charge in [0.25, 0.3) is 11.8 Å². The van der Waals surface area contributed by atoms with Crippen LogP contribution in [0.1, 0.15) is 34.5 Å². The number of nitrogens with zero attached hydrogens (tertiary/aromatic N) is 1. The van der Waals surface area contributed by atoms with Gasteiger partial charge in [-0.25, -0.2) is 0 Å². The van der Waals surface area contributed by atoms with Crippen molar-refractivity contribution in [1.29, 1.82) is 0 Å². The summed E-state index contributed by atoms with van der Waals surface area (Å²) in [6.07, 6.45) is 7.09. The van der Waals surface area contributed by atoms with E-state index in [1.165, 1.54) is 0 Å². The number of piperidine rings is 1. The van der Waals surface area contributed by atoms with E-state index < -0.39 is 5.91 Å². The normalized spacial score (nSPS) is 17.3. The van der Waals surface area contributed by atoms with Crippen LogP contribution in [-0.4, -0.2) is 40.8 Å². The smallest absolute Gasteiger partial charge is 0.298 e. The third-order valence-corrected chi connectivity index (χ3v) is 4.91. The largest absolute Gasteiger partial charge is 0.380 e. The molecule has 0 spiro atoms. The standard InChI is InChI=1S/C19H22N4O2/c1-4-16(24)23-9-5-6-13(10-23)22-15-8-7-14(19(20)25)18-17(15)11(2)12(3)21-18/h1,7-8,13,21-22H,5-6,9-10H2,2-3H3,(H2,20,25). The number of carbonyl (C=O) groups excluding carboxylic acids is 2. The van der Waals surface area contributed by atoms with E-state index in [0.717, 1.165) is 40.7 Å². The number of fused-ring (bicyclic) bond motifs is 1. The highest BCUT2D eigenvalue weighted by atomic mass is 16.2. The molecule has 0 radical (unpaired) electrons. The number of terminal acetylenes is 1. The average Bonchev–Trinajstić information content (AvgIpc) is 2.90. The number of nitrogens with one attached hydrogen (secondary N) is 2. The number of H-pyrrole nitrogens is 1. The van der Waals surface area contributed by atoms with Gasteiger partial charge in [-0.3, -0.25) is 9.59 Å². The summed E-state index contributed by atoms with van der Waals surface area (Å²) in [5, 5.41) is 4.49. The summed E-state index contributed by atoms with van der Waals surface area (Å²) >= 11 is 0. The summed E-state index contributed by atoms with van der Waals surface area (Å²) in [4.78, 5) is 28.4. The van der Waals surface area contributed by atoms with Crippen molar-refractivity contribution in [2.24, 2.45) is 5.73 Å². The Morgan fingerprint density at radius 2 is 2.16 bits per heavy atom. The molecular weight excluding hydrogens is 316 g/mol. The lowest BCUT2D eigenvalue weighted by Crippen LogP contribution is -2.44. The van der Waals surface area contributed by atoms with Gasteiger partial charge in [0, 0.05) is 35.9 Å². The van der Waals surface area contributed by atoms with Crippen LogP contribution in [0.4, 0.5) is 5.69 Å². The SMILES string of the molecule is C#CC(=O)N1CCCC(Nc2ccc(C(N)=O)c3[nH]c(C)c(C)c23)C1. The lowest BCUT2D eigenvalue weighted by molar-refractivity contribution is -0.126. The number of anilines is 1. The number of hydrogen-bond donors (Lipinski definition) is 3. The van der Waals surface area contributed by atoms with Gasteiger partial charge >= 0.3 is 0 Å². The molecule has 1 aliphatic rings. The average molecular weight is 338 g/mol. The Kier molecular flexibility index (Phi) is 4.41. The third kappa shape index (κ3) is 3.05. The Morgan fingerprint density at radius 1 is 1.40 bits per heavy atom. The number of aryl methyl sites for hydroxylation is 2. The molecule has 4 N–H and O–H groups in total. The van der Waals surface area contributed by atoms with Gasteiger partial charge in [-0.2, -0.15) is 0 Å². The molecule has 1 atom stereocenters. The van der Waals surface area contributed by atoms with Crippen molar-refractivity contribution in [3.05, 3.63) is 29.0 Å². The summed E-state index contributed by atoms with van der Waals surface area (Å²) in [5.41, 5.74) is 9.73. The molecule has 0 saturated carbocycles. The molecule has 1 aromatic carbocycles. The minimum absolute atomic E-state index is 0.114.